The first kappa shape index (κ1) is 16.9. The molecule has 3 rings (SSSR count). The van der Waals surface area contributed by atoms with Crippen molar-refractivity contribution >= 4 is 17.1 Å². The van der Waals surface area contributed by atoms with Crippen LogP contribution in [0.15, 0.2) is 36.4 Å². The predicted molar refractivity (Wildman–Crippen MR) is 90.4 cm³/mol. The SMILES string of the molecule is COc1cc(F)ccc1N1CCN(c2cccc(F)c2[N+](=O)[O-])CC1. The minimum atomic E-state index is -0.842. The Balaban J connectivity index is 1.79. The Hall–Kier alpha value is -2.90. The summed E-state index contributed by atoms with van der Waals surface area (Å²) in [6.45, 7) is 2.06. The second-order valence-electron chi connectivity index (χ2n) is 5.65. The van der Waals surface area contributed by atoms with E-state index in [9.17, 15) is 18.9 Å². The number of hydrogen-bond acceptors (Lipinski definition) is 5. The second kappa shape index (κ2) is 6.92. The summed E-state index contributed by atoms with van der Waals surface area (Å²) in [6, 6.07) is 8.43. The van der Waals surface area contributed by atoms with E-state index in [4.69, 9.17) is 4.74 Å². The van der Waals surface area contributed by atoms with Crippen LogP contribution in [0.25, 0.3) is 0 Å². The third-order valence-corrected chi connectivity index (χ3v) is 4.25. The third kappa shape index (κ3) is 3.33. The van der Waals surface area contributed by atoms with E-state index in [0.717, 1.165) is 11.8 Å². The van der Waals surface area contributed by atoms with Crippen LogP contribution in [0.5, 0.6) is 5.75 Å². The van der Waals surface area contributed by atoms with Gasteiger partial charge in [0.05, 0.1) is 17.7 Å². The summed E-state index contributed by atoms with van der Waals surface area (Å²) >= 11 is 0. The van der Waals surface area contributed by atoms with Crippen LogP contribution >= 0.6 is 0 Å². The molecule has 0 spiro atoms. The lowest BCUT2D eigenvalue weighted by Crippen LogP contribution is -2.46. The molecular formula is C17H17F2N3O3. The van der Waals surface area contributed by atoms with Gasteiger partial charge in [-0.05, 0) is 24.3 Å². The minimum absolute atomic E-state index is 0.274. The molecule has 8 heteroatoms. The van der Waals surface area contributed by atoms with Gasteiger partial charge in [-0.1, -0.05) is 6.07 Å². The van der Waals surface area contributed by atoms with Gasteiger partial charge in [-0.25, -0.2) is 4.39 Å². The molecule has 1 aliphatic heterocycles. The van der Waals surface area contributed by atoms with E-state index in [0.29, 0.717) is 31.9 Å². The lowest BCUT2D eigenvalue weighted by molar-refractivity contribution is -0.386. The molecule has 132 valence electrons. The Kier molecular flexibility index (Phi) is 4.69. The molecule has 0 aliphatic carbocycles. The molecule has 2 aromatic carbocycles. The first-order valence-electron chi connectivity index (χ1n) is 7.77. The van der Waals surface area contributed by atoms with E-state index in [-0.39, 0.29) is 11.5 Å². The van der Waals surface area contributed by atoms with Gasteiger partial charge in [-0.2, -0.15) is 4.39 Å². The number of hydrogen-bond donors (Lipinski definition) is 0. The molecule has 1 saturated heterocycles. The van der Waals surface area contributed by atoms with Crippen LogP contribution in [0.4, 0.5) is 25.8 Å². The van der Waals surface area contributed by atoms with Crippen molar-refractivity contribution in [2.75, 3.05) is 43.1 Å². The number of nitrogens with zero attached hydrogens (tertiary/aromatic N) is 3. The first-order valence-corrected chi connectivity index (χ1v) is 7.77. The van der Waals surface area contributed by atoms with E-state index >= 15 is 0 Å². The number of methoxy groups -OCH3 is 1. The molecule has 0 saturated carbocycles. The molecule has 1 heterocycles. The first-order chi connectivity index (χ1) is 12.0. The third-order valence-electron chi connectivity index (χ3n) is 4.25. The van der Waals surface area contributed by atoms with Crippen molar-refractivity contribution in [2.45, 2.75) is 0 Å². The van der Waals surface area contributed by atoms with Crippen molar-refractivity contribution in [1.29, 1.82) is 0 Å². The zero-order valence-electron chi connectivity index (χ0n) is 13.6. The largest absolute Gasteiger partial charge is 0.494 e. The standard InChI is InChI=1S/C17H17F2N3O3/c1-25-16-11-12(18)5-6-14(16)20-7-9-21(10-8-20)15-4-2-3-13(19)17(15)22(23)24/h2-6,11H,7-10H2,1H3. The average Bonchev–Trinajstić information content (AvgIpc) is 2.61. The van der Waals surface area contributed by atoms with Gasteiger partial charge in [0.1, 0.15) is 17.3 Å². The predicted octanol–water partition coefficient (Wildman–Crippen LogP) is 3.21. The highest BCUT2D eigenvalue weighted by atomic mass is 19.1. The van der Waals surface area contributed by atoms with Gasteiger partial charge in [0.15, 0.2) is 0 Å². The number of nitro benzene ring substituents is 1. The zero-order chi connectivity index (χ0) is 18.0. The van der Waals surface area contributed by atoms with Gasteiger partial charge in [-0.3, -0.25) is 10.1 Å². The maximum atomic E-state index is 13.8. The number of ether oxygens (including phenoxy) is 1. The van der Waals surface area contributed by atoms with Crippen molar-refractivity contribution in [1.82, 2.24) is 0 Å². The Morgan fingerprint density at radius 1 is 1.04 bits per heavy atom. The molecule has 1 aliphatic rings. The highest BCUT2D eigenvalue weighted by Crippen LogP contribution is 2.34. The number of para-hydroxylation sites is 1. The fraction of sp³-hybridized carbons (Fsp3) is 0.294. The fourth-order valence-corrected chi connectivity index (χ4v) is 3.04. The van der Waals surface area contributed by atoms with Gasteiger partial charge in [0, 0.05) is 32.2 Å². The molecular weight excluding hydrogens is 332 g/mol. The van der Waals surface area contributed by atoms with Crippen LogP contribution in [0, 0.1) is 21.7 Å². The Labute approximate surface area is 143 Å². The average molecular weight is 349 g/mol. The molecule has 2 aromatic rings. The summed E-state index contributed by atoms with van der Waals surface area (Å²) in [5, 5.41) is 11.2. The highest BCUT2D eigenvalue weighted by Gasteiger charge is 2.27. The zero-order valence-corrected chi connectivity index (χ0v) is 13.6. The van der Waals surface area contributed by atoms with Crippen LogP contribution in [-0.4, -0.2) is 38.2 Å². The summed E-state index contributed by atoms with van der Waals surface area (Å²) in [4.78, 5) is 14.3. The fourth-order valence-electron chi connectivity index (χ4n) is 3.04. The molecule has 6 nitrogen and oxygen atoms in total. The lowest BCUT2D eigenvalue weighted by Gasteiger charge is -2.37. The number of halogens is 2. The Morgan fingerprint density at radius 2 is 1.68 bits per heavy atom. The van der Waals surface area contributed by atoms with E-state index in [1.807, 2.05) is 4.90 Å². The van der Waals surface area contributed by atoms with Crippen LogP contribution in [-0.2, 0) is 0 Å². The minimum Gasteiger partial charge on any atom is -0.494 e. The van der Waals surface area contributed by atoms with Crippen molar-refractivity contribution in [3.63, 3.8) is 0 Å². The van der Waals surface area contributed by atoms with Crippen LogP contribution < -0.4 is 14.5 Å². The molecule has 0 amide bonds. The van der Waals surface area contributed by atoms with E-state index in [1.165, 1.54) is 25.3 Å². The number of benzene rings is 2. The van der Waals surface area contributed by atoms with Crippen molar-refractivity contribution in [3.8, 4) is 5.75 Å². The normalized spacial score (nSPS) is 14.5. The maximum absolute atomic E-state index is 13.8. The Bertz CT molecular complexity index is 793. The topological polar surface area (TPSA) is 58.8 Å². The van der Waals surface area contributed by atoms with E-state index < -0.39 is 16.4 Å². The molecule has 0 N–H and O–H groups in total. The number of nitro groups is 1. The maximum Gasteiger partial charge on any atom is 0.327 e. The van der Waals surface area contributed by atoms with Crippen molar-refractivity contribution in [2.24, 2.45) is 0 Å². The lowest BCUT2D eigenvalue weighted by atomic mass is 10.2. The number of rotatable bonds is 4. The van der Waals surface area contributed by atoms with Gasteiger partial charge >= 0.3 is 5.69 Å². The second-order valence-corrected chi connectivity index (χ2v) is 5.65. The van der Waals surface area contributed by atoms with Gasteiger partial charge < -0.3 is 14.5 Å². The van der Waals surface area contributed by atoms with Crippen LogP contribution in [0.1, 0.15) is 0 Å². The number of anilines is 2. The van der Waals surface area contributed by atoms with E-state index in [2.05, 4.69) is 0 Å². The van der Waals surface area contributed by atoms with Gasteiger partial charge in [0.2, 0.25) is 5.82 Å². The van der Waals surface area contributed by atoms with Crippen molar-refractivity contribution < 1.29 is 18.4 Å². The molecule has 0 aromatic heterocycles. The smallest absolute Gasteiger partial charge is 0.327 e. The number of piperazine rings is 1. The molecule has 0 atom stereocenters. The molecule has 0 radical (unpaired) electrons. The van der Waals surface area contributed by atoms with Gasteiger partial charge in [0.25, 0.3) is 0 Å². The van der Waals surface area contributed by atoms with Crippen molar-refractivity contribution in [3.05, 3.63) is 58.1 Å². The Morgan fingerprint density at radius 3 is 2.28 bits per heavy atom. The van der Waals surface area contributed by atoms with Crippen LogP contribution in [0.3, 0.4) is 0 Å². The molecule has 1 fully saturated rings. The highest BCUT2D eigenvalue weighted by molar-refractivity contribution is 5.65. The monoisotopic (exact) mass is 349 g/mol. The molecule has 25 heavy (non-hydrogen) atoms. The summed E-state index contributed by atoms with van der Waals surface area (Å²) in [6.07, 6.45) is 0. The van der Waals surface area contributed by atoms with Gasteiger partial charge in [-0.15, -0.1) is 0 Å². The molecule has 0 bridgehead atoms. The summed E-state index contributed by atoms with van der Waals surface area (Å²) in [7, 11) is 1.48. The summed E-state index contributed by atoms with van der Waals surface area (Å²) in [5.41, 5.74) is 0.531. The van der Waals surface area contributed by atoms with Crippen LogP contribution in [0.2, 0.25) is 0 Å². The molecule has 0 unspecified atom stereocenters. The summed E-state index contributed by atoms with van der Waals surface area (Å²) in [5.74, 6) is -0.787. The van der Waals surface area contributed by atoms with E-state index in [1.54, 1.807) is 17.0 Å². The quantitative estimate of drug-likeness (QED) is 0.627. The summed E-state index contributed by atoms with van der Waals surface area (Å²) < 4.78 is 32.4.